The molecule has 0 aliphatic carbocycles. The average molecular weight is 1150 g/mol. The molecule has 10 nitrogen and oxygen atoms in total. The van der Waals surface area contributed by atoms with Crippen LogP contribution in [-0.2, 0) is 24.0 Å². The van der Waals surface area contributed by atoms with Crippen molar-refractivity contribution in [3.05, 3.63) is 0 Å². The molecule has 480 valence electrons. The van der Waals surface area contributed by atoms with Crippen LogP contribution in [0.4, 0.5) is 0 Å². The Morgan fingerprint density at radius 2 is 0.753 bits per heavy atom. The van der Waals surface area contributed by atoms with Crippen LogP contribution in [0.1, 0.15) is 367 Å². The molecule has 3 aliphatic rings. The smallest absolute Gasteiger partial charge is 0.310 e. The number of aliphatic carboxylic acids is 2. The van der Waals surface area contributed by atoms with E-state index in [9.17, 15) is 14.7 Å². The molecule has 3 aliphatic heterocycles. The molecule has 3 rings (SSSR count). The van der Waals surface area contributed by atoms with E-state index in [0.29, 0.717) is 32.2 Å². The minimum absolute atomic E-state index is 0.131. The molecule has 0 radical (unpaired) electrons. The van der Waals surface area contributed by atoms with Crippen LogP contribution in [0.15, 0.2) is 0 Å². The van der Waals surface area contributed by atoms with E-state index in [-0.39, 0.29) is 40.4 Å². The van der Waals surface area contributed by atoms with E-state index >= 15 is 0 Å². The molecule has 10 heteroatoms. The number of piperidine rings is 3. The number of carboxylic acid groups (broad SMARTS) is 2. The Balaban J connectivity index is 0.000000652. The Hall–Kier alpha value is -1.30. The van der Waals surface area contributed by atoms with Crippen molar-refractivity contribution in [1.29, 1.82) is 0 Å². The molecule has 2 atom stereocenters. The lowest BCUT2D eigenvalue weighted by Gasteiger charge is -2.64. The predicted octanol–water partition coefficient (Wildman–Crippen LogP) is 20.6. The quantitative estimate of drug-likeness (QED) is 0.0508. The van der Waals surface area contributed by atoms with Crippen LogP contribution in [-0.4, -0.2) is 91.4 Å². The van der Waals surface area contributed by atoms with E-state index in [1.807, 2.05) is 0 Å². The molecule has 3 fully saturated rings. The maximum Gasteiger partial charge on any atom is 0.310 e. The average Bonchev–Trinajstić information content (AvgIpc) is 3.00. The SMILES string of the molecule is CCCCCCCCCCCCCCCCCCOC1CC(C)(C)NC(C)(C)C1.CCCCCCCCON1C(C)(C)CCC(C(CCCCCCCC(=O)O)(C(=O)O)C2CCC(C)(C)N(OCCCCCCCC)C2(C)C)C1(C)C. The lowest BCUT2D eigenvalue weighted by atomic mass is 9.49. The largest absolute Gasteiger partial charge is 0.481 e. The summed E-state index contributed by atoms with van der Waals surface area (Å²) in [5.74, 6) is -1.69. The number of ether oxygens (including phenoxy) is 1. The lowest BCUT2D eigenvalue weighted by molar-refractivity contribution is -0.327. The van der Waals surface area contributed by atoms with Crippen molar-refractivity contribution < 1.29 is 34.2 Å². The van der Waals surface area contributed by atoms with Crippen LogP contribution in [0.5, 0.6) is 0 Å². The summed E-state index contributed by atoms with van der Waals surface area (Å²) in [5.41, 5.74) is -2.07. The van der Waals surface area contributed by atoms with E-state index in [1.54, 1.807) is 0 Å². The van der Waals surface area contributed by atoms with E-state index < -0.39 is 28.4 Å². The van der Waals surface area contributed by atoms with Gasteiger partial charge >= 0.3 is 11.9 Å². The molecule has 0 amide bonds. The Kier molecular flexibility index (Phi) is 36.9. The zero-order chi connectivity index (χ0) is 60.5. The van der Waals surface area contributed by atoms with Crippen LogP contribution < -0.4 is 5.32 Å². The zero-order valence-corrected chi connectivity index (χ0v) is 56.7. The highest BCUT2D eigenvalue weighted by Gasteiger charge is 2.66. The molecule has 0 saturated carbocycles. The third kappa shape index (κ3) is 28.0. The summed E-state index contributed by atoms with van der Waals surface area (Å²) < 4.78 is 6.23. The lowest BCUT2D eigenvalue weighted by Crippen LogP contribution is -2.72. The number of rotatable bonds is 45. The maximum absolute atomic E-state index is 14.4. The molecule has 0 spiro atoms. The van der Waals surface area contributed by atoms with Gasteiger partial charge in [0.15, 0.2) is 0 Å². The van der Waals surface area contributed by atoms with Gasteiger partial charge in [-0.3, -0.25) is 19.3 Å². The van der Waals surface area contributed by atoms with E-state index in [1.165, 1.54) is 154 Å². The summed E-state index contributed by atoms with van der Waals surface area (Å²) in [5, 5.41) is 29.1. The first-order chi connectivity index (χ1) is 38.3. The van der Waals surface area contributed by atoms with E-state index in [4.69, 9.17) is 19.5 Å². The summed E-state index contributed by atoms with van der Waals surface area (Å²) in [4.78, 5) is 39.0. The van der Waals surface area contributed by atoms with Gasteiger partial charge < -0.3 is 20.3 Å². The molecule has 3 N–H and O–H groups in total. The number of hydrogen-bond donors (Lipinski definition) is 3. The van der Waals surface area contributed by atoms with Gasteiger partial charge in [-0.15, -0.1) is 0 Å². The summed E-state index contributed by atoms with van der Waals surface area (Å²) in [6.07, 6.45) is 48.3. The van der Waals surface area contributed by atoms with Gasteiger partial charge in [0.2, 0.25) is 0 Å². The third-order valence-electron chi connectivity index (χ3n) is 19.5. The van der Waals surface area contributed by atoms with Crippen LogP contribution in [0.2, 0.25) is 0 Å². The van der Waals surface area contributed by atoms with Gasteiger partial charge in [0.1, 0.15) is 0 Å². The molecular formula is C71H139N3O7. The van der Waals surface area contributed by atoms with Gasteiger partial charge in [0.05, 0.1) is 24.7 Å². The predicted molar refractivity (Wildman–Crippen MR) is 344 cm³/mol. The number of nitrogens with zero attached hydrogens (tertiary/aromatic N) is 2. The molecule has 3 heterocycles. The first-order valence-corrected chi connectivity index (χ1v) is 35.0. The van der Waals surface area contributed by atoms with E-state index in [2.05, 4.69) is 119 Å². The fraction of sp³-hybridized carbons (Fsp3) is 0.972. The first kappa shape index (κ1) is 75.8. The number of hydrogen-bond acceptors (Lipinski definition) is 8. The second kappa shape index (κ2) is 39.5. The topological polar surface area (TPSA) is 121 Å². The van der Waals surface area contributed by atoms with Crippen molar-refractivity contribution >= 4 is 11.9 Å². The first-order valence-electron chi connectivity index (χ1n) is 35.0. The van der Waals surface area contributed by atoms with Gasteiger partial charge in [0, 0.05) is 46.3 Å². The molecule has 81 heavy (non-hydrogen) atoms. The third-order valence-corrected chi connectivity index (χ3v) is 19.5. The van der Waals surface area contributed by atoms with E-state index in [0.717, 1.165) is 96.5 Å². The minimum atomic E-state index is -0.995. The van der Waals surface area contributed by atoms with Crippen LogP contribution >= 0.6 is 0 Å². The molecular weight excluding hydrogens is 1010 g/mol. The van der Waals surface area contributed by atoms with Crippen molar-refractivity contribution in [2.75, 3.05) is 19.8 Å². The molecule has 0 aromatic carbocycles. The highest BCUT2D eigenvalue weighted by molar-refractivity contribution is 5.76. The maximum atomic E-state index is 14.4. The van der Waals surface area contributed by atoms with Gasteiger partial charge in [0.25, 0.3) is 0 Å². The summed E-state index contributed by atoms with van der Waals surface area (Å²) in [7, 11) is 0. The second-order valence-electron chi connectivity index (χ2n) is 30.0. The summed E-state index contributed by atoms with van der Waals surface area (Å²) >= 11 is 0. The fourth-order valence-corrected chi connectivity index (χ4v) is 15.7. The van der Waals surface area contributed by atoms with Gasteiger partial charge in [-0.1, -0.05) is 207 Å². The van der Waals surface area contributed by atoms with Crippen molar-refractivity contribution in [3.8, 4) is 0 Å². The standard InChI is InChI=1S/C44H84N2O6.C27H55NO/c1-11-13-15-17-22-26-34-51-45-40(3,4)32-29-36(42(45,7)8)44(39(49)50,31-25-21-19-20-24-28-38(47)48)37-30-33-41(5,6)46(43(37,9)10)52-35-27-23-18-16-14-12-2;1-6-7-8-9-10-11-12-13-14-15-16-17-18-19-20-21-22-29-25-23-26(2,3)28-27(4,5)24-25/h36-37H,11-35H2,1-10H3,(H,47,48)(H,49,50);25,28H,6-24H2,1-5H3. The number of carbonyl (C=O) groups is 2. The van der Waals surface area contributed by atoms with Crippen LogP contribution in [0, 0.1) is 17.3 Å². The monoisotopic (exact) mass is 1150 g/mol. The van der Waals surface area contributed by atoms with Crippen molar-refractivity contribution in [2.24, 2.45) is 17.3 Å². The normalized spacial score (nSPS) is 22.2. The van der Waals surface area contributed by atoms with Crippen molar-refractivity contribution in [1.82, 2.24) is 15.4 Å². The number of nitrogens with one attached hydrogen (secondary N) is 1. The van der Waals surface area contributed by atoms with Gasteiger partial charge in [-0.25, -0.2) is 0 Å². The molecule has 0 aromatic heterocycles. The highest BCUT2D eigenvalue weighted by atomic mass is 16.7. The molecule has 2 unspecified atom stereocenters. The Bertz CT molecular complexity index is 1550. The van der Waals surface area contributed by atoms with Crippen molar-refractivity contribution in [2.45, 2.75) is 406 Å². The summed E-state index contributed by atoms with van der Waals surface area (Å²) in [6.45, 7) is 36.3. The Morgan fingerprint density at radius 1 is 0.444 bits per heavy atom. The summed E-state index contributed by atoms with van der Waals surface area (Å²) in [6, 6.07) is 0. The Labute approximate surface area is 503 Å². The second-order valence-corrected chi connectivity index (χ2v) is 30.0. The zero-order valence-electron chi connectivity index (χ0n) is 56.7. The number of carboxylic acids is 2. The fourth-order valence-electron chi connectivity index (χ4n) is 15.7. The number of hydroxylamine groups is 4. The van der Waals surface area contributed by atoms with Crippen LogP contribution in [0.3, 0.4) is 0 Å². The van der Waals surface area contributed by atoms with Gasteiger partial charge in [-0.05, 0) is 166 Å². The minimum Gasteiger partial charge on any atom is -0.481 e. The molecule has 0 aromatic rings. The molecule has 3 saturated heterocycles. The van der Waals surface area contributed by atoms with Crippen LogP contribution in [0.25, 0.3) is 0 Å². The highest BCUT2D eigenvalue weighted by Crippen LogP contribution is 2.61. The molecule has 0 bridgehead atoms. The number of unbranched alkanes of at least 4 members (excludes halogenated alkanes) is 29. The Morgan fingerprint density at radius 3 is 1.09 bits per heavy atom. The van der Waals surface area contributed by atoms with Crippen molar-refractivity contribution in [3.63, 3.8) is 0 Å². The van der Waals surface area contributed by atoms with Gasteiger partial charge in [-0.2, -0.15) is 10.1 Å².